The molecule has 1 atom stereocenters. The first-order valence-corrected chi connectivity index (χ1v) is 21.1. The van der Waals surface area contributed by atoms with Gasteiger partial charge >= 0.3 is 34.2 Å². The Hall–Kier alpha value is -1.48. The molecule has 0 saturated heterocycles. The van der Waals surface area contributed by atoms with E-state index in [1.54, 1.807) is 11.1 Å². The molecule has 0 nitrogen and oxygen atoms in total. The van der Waals surface area contributed by atoms with E-state index in [9.17, 15) is 0 Å². The van der Waals surface area contributed by atoms with E-state index in [2.05, 4.69) is 131 Å². The Kier molecular flexibility index (Phi) is 24.6. The summed E-state index contributed by atoms with van der Waals surface area (Å²) in [6, 6.07) is 37.2. The molecule has 0 bridgehead atoms. The molecule has 4 radical (unpaired) electrons. The monoisotopic (exact) mass is 704 g/mol. The fraction of sp³-hybridized carbons (Fsp3) is 0.189. The molecule has 1 aliphatic rings. The van der Waals surface area contributed by atoms with Crippen molar-refractivity contribution in [1.82, 2.24) is 0 Å². The third kappa shape index (κ3) is 11.9. The minimum atomic E-state index is -0.159. The molecule has 0 N–H and O–H groups in total. The van der Waals surface area contributed by atoms with Crippen LogP contribution in [0.4, 0.5) is 0 Å². The van der Waals surface area contributed by atoms with Crippen molar-refractivity contribution in [2.45, 2.75) is 45.4 Å². The van der Waals surface area contributed by atoms with E-state index in [-0.39, 0.29) is 75.0 Å². The van der Waals surface area contributed by atoms with E-state index in [1.165, 1.54) is 57.9 Å². The summed E-state index contributed by atoms with van der Waals surface area (Å²) in [7, 11) is 0. The molecule has 0 saturated carbocycles. The van der Waals surface area contributed by atoms with Crippen LogP contribution in [0.3, 0.4) is 0 Å². The molecule has 5 aromatic carbocycles. The molecule has 6 rings (SSSR count). The van der Waals surface area contributed by atoms with Gasteiger partial charge in [0.15, 0.2) is 0 Å². The predicted octanol–water partition coefficient (Wildman–Crippen LogP) is 3.82. The van der Waals surface area contributed by atoms with Crippen LogP contribution in [0.2, 0.25) is 0 Å². The summed E-state index contributed by atoms with van der Waals surface area (Å²) in [6.45, 7) is 11.0. The summed E-state index contributed by atoms with van der Waals surface area (Å²) >= 11 is -0.159. The van der Waals surface area contributed by atoms with Gasteiger partial charge in [-0.05, 0) is 36.3 Å². The molecular formula is C37H44Cl2Si2Zr-8. The number of benzene rings is 3. The average Bonchev–Trinajstić information content (AvgIpc) is 3.65. The zero-order chi connectivity index (χ0) is 25.3. The van der Waals surface area contributed by atoms with Crippen molar-refractivity contribution in [3.63, 3.8) is 0 Å². The van der Waals surface area contributed by atoms with Gasteiger partial charge in [0, 0.05) is 0 Å². The first-order chi connectivity index (χ1) is 17.6. The summed E-state index contributed by atoms with van der Waals surface area (Å²) in [5.74, 6) is 0.610. The van der Waals surface area contributed by atoms with E-state index in [0.717, 1.165) is 6.42 Å². The molecule has 5 aromatic rings. The van der Waals surface area contributed by atoms with Gasteiger partial charge in [-0.15, -0.1) is 28.5 Å². The van der Waals surface area contributed by atoms with Crippen LogP contribution < -0.4 is 24.8 Å². The Morgan fingerprint density at radius 1 is 0.833 bits per heavy atom. The summed E-state index contributed by atoms with van der Waals surface area (Å²) in [4.78, 5) is 0. The topological polar surface area (TPSA) is 0 Å². The van der Waals surface area contributed by atoms with Gasteiger partial charge in [-0.25, -0.2) is 6.07 Å². The number of rotatable bonds is 4. The zero-order valence-corrected chi connectivity index (χ0v) is 31.9. The molecule has 0 spiro atoms. The van der Waals surface area contributed by atoms with E-state index in [1.807, 2.05) is 0 Å². The first-order valence-electron chi connectivity index (χ1n) is 12.7. The molecule has 1 aliphatic carbocycles. The van der Waals surface area contributed by atoms with Crippen LogP contribution in [0.15, 0.2) is 103 Å². The maximum absolute atomic E-state index is 3.27. The van der Waals surface area contributed by atoms with Crippen LogP contribution in [0, 0.1) is 36.6 Å². The normalized spacial score (nSPS) is 10.7. The minimum absolute atomic E-state index is 0. The van der Waals surface area contributed by atoms with Crippen LogP contribution >= 0.6 is 0 Å². The van der Waals surface area contributed by atoms with Crippen molar-refractivity contribution in [3.8, 4) is 11.1 Å². The van der Waals surface area contributed by atoms with E-state index >= 15 is 0 Å². The Labute approximate surface area is 284 Å². The standard InChI is InChI=1S/C19H17.C14H15.4CH3.2ClH.2Si.Zr/c1-13-10-16-12-15-8-5-9-17(15)19(18(16)11-13)14-6-3-2-4-7-14;1-12(11-13-7-5-6-8-13)14-9-3-2-4-10-14;;;;;;;;;/h2-4,6-7,10-12H,5,8-9H2,1H3;2-10,12H,11H2,1H3;4*1H3;2*1H;;;/q6*-1;;;;;/p-2. The third-order valence-corrected chi connectivity index (χ3v) is 6.93. The SMILES string of the molecule is CC(Cc1cc[cH-]c1)c1ccccc1.Cc1cc2c(-c3ccccc3)c3c(cc2[cH-]1)CCC3.[CH3-].[CH3-].[CH3-].[CH3-].[Cl-].[Cl-].[Si]=[Zr]=[Si]. The van der Waals surface area contributed by atoms with Crippen molar-refractivity contribution in [2.24, 2.45) is 0 Å². The van der Waals surface area contributed by atoms with Gasteiger partial charge < -0.3 is 54.5 Å². The predicted molar refractivity (Wildman–Crippen MR) is 179 cm³/mol. The molecule has 1 unspecified atom stereocenters. The zero-order valence-electron chi connectivity index (χ0n) is 26.0. The summed E-state index contributed by atoms with van der Waals surface area (Å²) < 4.78 is 0. The second-order valence-electron chi connectivity index (χ2n) is 9.58. The van der Waals surface area contributed by atoms with Crippen molar-refractivity contribution >= 4 is 24.5 Å². The Balaban J connectivity index is -0.000000602. The van der Waals surface area contributed by atoms with Gasteiger partial charge in [0.1, 0.15) is 0 Å². The molecule has 0 amide bonds. The quantitative estimate of drug-likeness (QED) is 0.197. The van der Waals surface area contributed by atoms with Crippen molar-refractivity contribution in [1.29, 1.82) is 0 Å². The van der Waals surface area contributed by atoms with Crippen LogP contribution in [0.5, 0.6) is 0 Å². The number of aryl methyl sites for hydroxylation is 2. The summed E-state index contributed by atoms with van der Waals surface area (Å²) in [5.41, 5.74) is 10.2. The molecule has 226 valence electrons. The molecular weight excluding hydrogens is 663 g/mol. The maximum atomic E-state index is 3.27. The van der Waals surface area contributed by atoms with Crippen LogP contribution in [0.25, 0.3) is 21.9 Å². The second-order valence-corrected chi connectivity index (χ2v) is 16.1. The average molecular weight is 707 g/mol. The van der Waals surface area contributed by atoms with Crippen LogP contribution in [0.1, 0.15) is 47.1 Å². The fourth-order valence-electron chi connectivity index (χ4n) is 5.31. The number of halogens is 2. The van der Waals surface area contributed by atoms with Crippen molar-refractivity contribution in [3.05, 3.63) is 161 Å². The van der Waals surface area contributed by atoms with Crippen molar-refractivity contribution < 1.29 is 45.3 Å². The molecule has 0 heterocycles. The third-order valence-electron chi connectivity index (χ3n) is 6.93. The van der Waals surface area contributed by atoms with Crippen LogP contribution in [-0.4, -0.2) is 13.8 Å². The molecule has 42 heavy (non-hydrogen) atoms. The Morgan fingerprint density at radius 2 is 1.43 bits per heavy atom. The Morgan fingerprint density at radius 3 is 2.00 bits per heavy atom. The van der Waals surface area contributed by atoms with Gasteiger partial charge in [0.2, 0.25) is 0 Å². The number of hydrogen-bond donors (Lipinski definition) is 0. The first kappa shape index (κ1) is 45.0. The summed E-state index contributed by atoms with van der Waals surface area (Å²) in [6.07, 6.45) is 4.92. The van der Waals surface area contributed by atoms with Gasteiger partial charge in [0.25, 0.3) is 0 Å². The van der Waals surface area contributed by atoms with Gasteiger partial charge in [0.05, 0.1) is 0 Å². The Bertz CT molecular complexity index is 1420. The summed E-state index contributed by atoms with van der Waals surface area (Å²) in [5, 5.41) is 2.85. The van der Waals surface area contributed by atoms with E-state index in [0.29, 0.717) is 5.92 Å². The molecule has 5 heteroatoms. The fourth-order valence-corrected chi connectivity index (χ4v) is 5.31. The molecule has 0 fully saturated rings. The van der Waals surface area contributed by atoms with Crippen LogP contribution in [-0.2, 0) is 39.7 Å². The van der Waals surface area contributed by atoms with E-state index in [4.69, 9.17) is 0 Å². The van der Waals surface area contributed by atoms with Gasteiger partial charge in [-0.3, -0.25) is 0 Å². The van der Waals surface area contributed by atoms with Crippen molar-refractivity contribution in [2.75, 3.05) is 0 Å². The van der Waals surface area contributed by atoms with Gasteiger partial charge in [-0.2, -0.15) is 29.8 Å². The number of fused-ring (bicyclic) bond motifs is 2. The molecule has 0 aliphatic heterocycles. The van der Waals surface area contributed by atoms with E-state index < -0.39 is 0 Å². The number of hydrogen-bond acceptors (Lipinski definition) is 0. The van der Waals surface area contributed by atoms with Gasteiger partial charge in [-0.1, -0.05) is 97.6 Å². The molecule has 0 aromatic heterocycles. The second kappa shape index (κ2) is 23.0.